The van der Waals surface area contributed by atoms with Crippen LogP contribution in [0.5, 0.6) is 17.5 Å². The number of ether oxygens (including phenoxy) is 2. The Morgan fingerprint density at radius 3 is 2.55 bits per heavy atom. The highest BCUT2D eigenvalue weighted by molar-refractivity contribution is 6.30. The van der Waals surface area contributed by atoms with Crippen molar-refractivity contribution in [2.24, 2.45) is 0 Å². The van der Waals surface area contributed by atoms with Gasteiger partial charge in [0.1, 0.15) is 12.1 Å². The van der Waals surface area contributed by atoms with E-state index < -0.39 is 0 Å². The van der Waals surface area contributed by atoms with Gasteiger partial charge in [0, 0.05) is 5.02 Å². The first kappa shape index (κ1) is 14.4. The zero-order valence-electron chi connectivity index (χ0n) is 11.6. The van der Waals surface area contributed by atoms with Crippen LogP contribution < -0.4 is 15.2 Å². The molecule has 6 heteroatoms. The molecular weight excluding hydrogens is 278 g/mol. The van der Waals surface area contributed by atoms with Crippen molar-refractivity contribution in [1.29, 1.82) is 0 Å². The molecule has 0 radical (unpaired) electrons. The highest BCUT2D eigenvalue weighted by atomic mass is 35.5. The Balaban J connectivity index is 2.29. The number of nitrogens with two attached hydrogens (primary N) is 1. The number of benzene rings is 1. The fourth-order valence-corrected chi connectivity index (χ4v) is 1.82. The number of halogens is 1. The molecule has 0 unspecified atom stereocenters. The number of hydrogen-bond acceptors (Lipinski definition) is 5. The number of nitrogen functional groups attached to an aromatic ring is 1. The normalized spacial score (nSPS) is 10.7. The zero-order chi connectivity index (χ0) is 14.7. The number of anilines is 1. The van der Waals surface area contributed by atoms with Gasteiger partial charge in [-0.25, -0.2) is 0 Å². The second kappa shape index (κ2) is 5.96. The molecule has 0 bridgehead atoms. The van der Waals surface area contributed by atoms with Crippen LogP contribution in [-0.4, -0.2) is 16.1 Å². The van der Waals surface area contributed by atoms with Crippen molar-refractivity contribution in [3.63, 3.8) is 0 Å². The Hall–Kier alpha value is -2.01. The summed E-state index contributed by atoms with van der Waals surface area (Å²) < 4.78 is 11.2. The molecule has 0 saturated carbocycles. The van der Waals surface area contributed by atoms with Crippen LogP contribution in [0.15, 0.2) is 24.5 Å². The molecule has 2 aromatic rings. The third-order valence-corrected chi connectivity index (χ3v) is 2.74. The third kappa shape index (κ3) is 3.30. The van der Waals surface area contributed by atoms with Crippen LogP contribution >= 0.6 is 11.6 Å². The molecule has 5 nitrogen and oxygen atoms in total. The van der Waals surface area contributed by atoms with Gasteiger partial charge in [0.15, 0.2) is 5.69 Å². The van der Waals surface area contributed by atoms with Gasteiger partial charge in [-0.15, -0.1) is 0 Å². The van der Waals surface area contributed by atoms with E-state index in [1.807, 2.05) is 20.8 Å². The number of rotatable bonds is 4. The second-order valence-electron chi connectivity index (χ2n) is 4.58. The Kier molecular flexibility index (Phi) is 4.29. The highest BCUT2D eigenvalue weighted by Gasteiger charge is 2.13. The van der Waals surface area contributed by atoms with Crippen LogP contribution in [0.1, 0.15) is 19.4 Å². The summed E-state index contributed by atoms with van der Waals surface area (Å²) in [6, 6.07) is 5.31. The van der Waals surface area contributed by atoms with Crippen molar-refractivity contribution in [1.82, 2.24) is 9.97 Å². The molecule has 2 N–H and O–H groups in total. The summed E-state index contributed by atoms with van der Waals surface area (Å²) >= 11 is 5.91. The van der Waals surface area contributed by atoms with Crippen molar-refractivity contribution in [3.8, 4) is 17.5 Å². The van der Waals surface area contributed by atoms with Crippen molar-refractivity contribution in [2.75, 3.05) is 5.73 Å². The summed E-state index contributed by atoms with van der Waals surface area (Å²) in [5, 5.41) is 0.648. The average Bonchev–Trinajstić information content (AvgIpc) is 2.36. The molecule has 0 fully saturated rings. The quantitative estimate of drug-likeness (QED) is 0.932. The zero-order valence-corrected chi connectivity index (χ0v) is 12.3. The topological polar surface area (TPSA) is 70.3 Å². The summed E-state index contributed by atoms with van der Waals surface area (Å²) in [5.41, 5.74) is 7.12. The summed E-state index contributed by atoms with van der Waals surface area (Å²) in [7, 11) is 0. The van der Waals surface area contributed by atoms with Gasteiger partial charge < -0.3 is 15.2 Å². The van der Waals surface area contributed by atoms with Gasteiger partial charge in [0.2, 0.25) is 11.8 Å². The lowest BCUT2D eigenvalue weighted by Gasteiger charge is -2.13. The van der Waals surface area contributed by atoms with Crippen LogP contribution in [-0.2, 0) is 0 Å². The van der Waals surface area contributed by atoms with Crippen molar-refractivity contribution >= 4 is 17.3 Å². The van der Waals surface area contributed by atoms with Crippen molar-refractivity contribution in [3.05, 3.63) is 35.1 Å². The Labute approximate surface area is 122 Å². The molecule has 0 spiro atoms. The predicted octanol–water partition coefficient (Wildman–Crippen LogP) is 3.60. The van der Waals surface area contributed by atoms with E-state index in [1.54, 1.807) is 18.2 Å². The van der Waals surface area contributed by atoms with Gasteiger partial charge in [0.25, 0.3) is 0 Å². The maximum atomic E-state index is 5.96. The van der Waals surface area contributed by atoms with Crippen LogP contribution in [0.3, 0.4) is 0 Å². The monoisotopic (exact) mass is 293 g/mol. The van der Waals surface area contributed by atoms with Crippen molar-refractivity contribution < 1.29 is 9.47 Å². The maximum Gasteiger partial charge on any atom is 0.249 e. The predicted molar refractivity (Wildman–Crippen MR) is 78.5 cm³/mol. The van der Waals surface area contributed by atoms with Gasteiger partial charge in [-0.2, -0.15) is 9.97 Å². The van der Waals surface area contributed by atoms with Crippen LogP contribution in [0, 0.1) is 6.92 Å². The van der Waals surface area contributed by atoms with Crippen LogP contribution in [0.25, 0.3) is 0 Å². The summed E-state index contributed by atoms with van der Waals surface area (Å²) in [4.78, 5) is 8.03. The summed E-state index contributed by atoms with van der Waals surface area (Å²) in [5.74, 6) is 1.22. The molecule has 0 amide bonds. The summed E-state index contributed by atoms with van der Waals surface area (Å²) in [6.45, 7) is 5.68. The molecule has 1 aromatic carbocycles. The standard InChI is InChI=1S/C14H16ClN3O2/c1-8(2)19-13-12(16)14(18-7-17-13)20-11-5-4-10(15)6-9(11)3/h4-8H,16H2,1-3H3. The molecule has 0 aliphatic carbocycles. The van der Waals surface area contributed by atoms with Gasteiger partial charge in [-0.3, -0.25) is 0 Å². The molecule has 0 aliphatic heterocycles. The minimum Gasteiger partial charge on any atom is -0.473 e. The maximum absolute atomic E-state index is 5.96. The smallest absolute Gasteiger partial charge is 0.249 e. The molecule has 106 valence electrons. The molecule has 0 aliphatic rings. The Bertz CT molecular complexity index is 617. The first-order valence-electron chi connectivity index (χ1n) is 6.18. The molecule has 0 atom stereocenters. The van der Waals surface area contributed by atoms with E-state index in [0.29, 0.717) is 16.7 Å². The molecule has 1 heterocycles. The number of aromatic nitrogens is 2. The molecule has 20 heavy (non-hydrogen) atoms. The fourth-order valence-electron chi connectivity index (χ4n) is 1.59. The largest absolute Gasteiger partial charge is 0.473 e. The lowest BCUT2D eigenvalue weighted by Crippen LogP contribution is -2.10. The minimum absolute atomic E-state index is 0.0303. The first-order chi connectivity index (χ1) is 9.47. The van der Waals surface area contributed by atoms with Gasteiger partial charge in [-0.05, 0) is 44.5 Å². The van der Waals surface area contributed by atoms with E-state index in [1.165, 1.54) is 6.33 Å². The highest BCUT2D eigenvalue weighted by Crippen LogP contribution is 2.33. The minimum atomic E-state index is -0.0303. The molecule has 0 saturated heterocycles. The first-order valence-corrected chi connectivity index (χ1v) is 6.56. The Morgan fingerprint density at radius 2 is 1.90 bits per heavy atom. The van der Waals surface area contributed by atoms with Gasteiger partial charge in [-0.1, -0.05) is 11.6 Å². The Morgan fingerprint density at radius 1 is 1.20 bits per heavy atom. The lowest BCUT2D eigenvalue weighted by atomic mass is 10.2. The molecule has 1 aromatic heterocycles. The lowest BCUT2D eigenvalue weighted by molar-refractivity contribution is 0.232. The molecular formula is C14H16ClN3O2. The van der Waals surface area contributed by atoms with Gasteiger partial charge >= 0.3 is 0 Å². The SMILES string of the molecule is Cc1cc(Cl)ccc1Oc1ncnc(OC(C)C)c1N. The van der Waals surface area contributed by atoms with E-state index in [-0.39, 0.29) is 17.7 Å². The van der Waals surface area contributed by atoms with E-state index in [4.69, 9.17) is 26.8 Å². The van der Waals surface area contributed by atoms with E-state index >= 15 is 0 Å². The number of hydrogen-bond donors (Lipinski definition) is 1. The average molecular weight is 294 g/mol. The number of nitrogens with zero attached hydrogens (tertiary/aromatic N) is 2. The molecule has 2 rings (SSSR count). The summed E-state index contributed by atoms with van der Waals surface area (Å²) in [6.07, 6.45) is 1.33. The second-order valence-corrected chi connectivity index (χ2v) is 5.01. The fraction of sp³-hybridized carbons (Fsp3) is 0.286. The van der Waals surface area contributed by atoms with Crippen molar-refractivity contribution in [2.45, 2.75) is 26.9 Å². The van der Waals surface area contributed by atoms with Gasteiger partial charge in [0.05, 0.1) is 6.10 Å². The van der Waals surface area contributed by atoms with Crippen LogP contribution in [0.2, 0.25) is 5.02 Å². The van der Waals surface area contributed by atoms with E-state index in [0.717, 1.165) is 5.56 Å². The number of aryl methyl sites for hydroxylation is 1. The third-order valence-electron chi connectivity index (χ3n) is 2.50. The van der Waals surface area contributed by atoms with E-state index in [9.17, 15) is 0 Å². The van der Waals surface area contributed by atoms with Crippen LogP contribution in [0.4, 0.5) is 5.69 Å². The van der Waals surface area contributed by atoms with E-state index in [2.05, 4.69) is 9.97 Å².